The quantitative estimate of drug-likeness (QED) is 0.524. The summed E-state index contributed by atoms with van der Waals surface area (Å²) in [6, 6.07) is 10.2. The molecule has 0 aromatic heterocycles. The third-order valence-electron chi connectivity index (χ3n) is 6.59. The Morgan fingerprint density at radius 3 is 2.38 bits per heavy atom. The van der Waals surface area contributed by atoms with E-state index in [0.717, 1.165) is 23.6 Å². The fraction of sp³-hybridized carbons (Fsp3) is 0.583. The molecule has 1 aromatic carbocycles. The van der Waals surface area contributed by atoms with Crippen LogP contribution in [0.25, 0.3) is 0 Å². The van der Waals surface area contributed by atoms with Crippen LogP contribution in [-0.2, 0) is 0 Å². The molecule has 2 fully saturated rings. The van der Waals surface area contributed by atoms with Crippen LogP contribution in [0.15, 0.2) is 47.5 Å². The molecule has 1 aromatic rings. The number of likely N-dealkylation sites (N-methyl/N-ethyl adjacent to an activating group) is 1. The van der Waals surface area contributed by atoms with E-state index in [0.29, 0.717) is 5.92 Å². The molecule has 1 saturated heterocycles. The first-order valence-corrected chi connectivity index (χ1v) is 14.5. The van der Waals surface area contributed by atoms with Crippen LogP contribution in [0.5, 0.6) is 0 Å². The van der Waals surface area contributed by atoms with Crippen LogP contribution in [0, 0.1) is 5.92 Å². The van der Waals surface area contributed by atoms with Crippen LogP contribution < -0.4 is 0 Å². The van der Waals surface area contributed by atoms with Gasteiger partial charge < -0.3 is 10.0 Å². The van der Waals surface area contributed by atoms with E-state index in [1.165, 1.54) is 19.3 Å². The summed E-state index contributed by atoms with van der Waals surface area (Å²) in [5, 5.41) is 12.2. The minimum atomic E-state index is -1.79. The van der Waals surface area contributed by atoms with Gasteiger partial charge in [0, 0.05) is 7.05 Å². The van der Waals surface area contributed by atoms with Gasteiger partial charge in [0.15, 0.2) is 0 Å². The van der Waals surface area contributed by atoms with E-state index in [1.54, 1.807) is 9.80 Å². The second-order valence-corrected chi connectivity index (χ2v) is 14.7. The maximum Gasteiger partial charge on any atom is 0.325 e. The van der Waals surface area contributed by atoms with Crippen molar-refractivity contribution in [1.29, 1.82) is 0 Å². The molecule has 4 nitrogen and oxygen atoms in total. The van der Waals surface area contributed by atoms with Crippen molar-refractivity contribution < 1.29 is 9.90 Å². The monoisotopic (exact) mass is 412 g/mol. The minimum absolute atomic E-state index is 0.0130. The molecule has 158 valence electrons. The molecule has 2 amide bonds. The first-order valence-electron chi connectivity index (χ1n) is 11.0. The maximum atomic E-state index is 13.0. The average molecular weight is 413 g/mol. The first kappa shape index (κ1) is 21.9. The summed E-state index contributed by atoms with van der Waals surface area (Å²) in [5.41, 5.74) is 4.58. The van der Waals surface area contributed by atoms with Gasteiger partial charge in [0.2, 0.25) is 0 Å². The van der Waals surface area contributed by atoms with E-state index < -0.39 is 14.2 Å². The Morgan fingerprint density at radius 1 is 1.17 bits per heavy atom. The van der Waals surface area contributed by atoms with Crippen molar-refractivity contribution in [3.05, 3.63) is 53.0 Å². The highest BCUT2D eigenvalue weighted by Crippen LogP contribution is 2.35. The topological polar surface area (TPSA) is 43.8 Å². The minimum Gasteiger partial charge on any atom is -0.388 e. The number of carbonyl (C=O) groups is 1. The molecule has 1 N–H and O–H groups in total. The fourth-order valence-electron chi connectivity index (χ4n) is 4.71. The van der Waals surface area contributed by atoms with Crippen LogP contribution in [0.3, 0.4) is 0 Å². The van der Waals surface area contributed by atoms with E-state index in [1.807, 2.05) is 31.4 Å². The van der Waals surface area contributed by atoms with Gasteiger partial charge in [-0.25, -0.2) is 4.79 Å². The van der Waals surface area contributed by atoms with Crippen LogP contribution in [-0.4, -0.2) is 48.2 Å². The van der Waals surface area contributed by atoms with Crippen LogP contribution in [0.2, 0.25) is 19.6 Å². The molecule has 2 aliphatic rings. The first-order chi connectivity index (χ1) is 13.7. The summed E-state index contributed by atoms with van der Waals surface area (Å²) < 4.78 is 0. The Labute approximate surface area is 176 Å². The van der Waals surface area contributed by atoms with Crippen molar-refractivity contribution in [3.8, 4) is 0 Å². The third-order valence-corrected chi connectivity index (χ3v) is 8.65. The molecular formula is C24H36N2O2Si. The lowest BCUT2D eigenvalue weighted by molar-refractivity contribution is 0.120. The average Bonchev–Trinajstić information content (AvgIpc) is 2.92. The summed E-state index contributed by atoms with van der Waals surface area (Å²) in [5.74, 6) is 0.326. The number of rotatable bonds is 5. The summed E-state index contributed by atoms with van der Waals surface area (Å²) in [6.07, 6.45) is 7.23. The van der Waals surface area contributed by atoms with E-state index >= 15 is 0 Å². The normalized spacial score (nSPS) is 24.4. The predicted octanol–water partition coefficient (Wildman–Crippen LogP) is 5.34. The summed E-state index contributed by atoms with van der Waals surface area (Å²) >= 11 is 0. The smallest absolute Gasteiger partial charge is 0.325 e. The number of benzene rings is 1. The zero-order valence-electron chi connectivity index (χ0n) is 18.6. The van der Waals surface area contributed by atoms with Crippen LogP contribution in [0.4, 0.5) is 4.79 Å². The molecular weight excluding hydrogens is 376 g/mol. The van der Waals surface area contributed by atoms with E-state index in [9.17, 15) is 9.90 Å². The summed E-state index contributed by atoms with van der Waals surface area (Å²) in [4.78, 5) is 16.5. The molecule has 0 spiro atoms. The lowest BCUT2D eigenvalue weighted by Gasteiger charge is -2.32. The Bertz CT molecular complexity index is 774. The SMILES string of the molecule is C[C@H]1[C@@H](c2ccccc2)N(C=C=C([C@@H](O)C2CCCCC2)[Si](C)(C)C)C(=O)N1C. The molecule has 1 aliphatic carbocycles. The zero-order chi connectivity index (χ0) is 21.2. The summed E-state index contributed by atoms with van der Waals surface area (Å²) in [7, 11) is 0.0677. The molecule has 0 bridgehead atoms. The zero-order valence-corrected chi connectivity index (χ0v) is 19.6. The molecule has 3 rings (SSSR count). The Kier molecular flexibility index (Phi) is 6.72. The van der Waals surface area contributed by atoms with Crippen molar-refractivity contribution >= 4 is 14.1 Å². The van der Waals surface area contributed by atoms with Gasteiger partial charge in [0.25, 0.3) is 0 Å². The highest BCUT2D eigenvalue weighted by molar-refractivity contribution is 6.83. The maximum absolute atomic E-state index is 13.0. The van der Waals surface area contributed by atoms with Crippen molar-refractivity contribution in [2.75, 3.05) is 7.05 Å². The lowest BCUT2D eigenvalue weighted by Crippen LogP contribution is -2.37. The fourth-order valence-corrected chi connectivity index (χ4v) is 6.34. The number of carbonyl (C=O) groups excluding carboxylic acids is 1. The second kappa shape index (κ2) is 8.91. The molecule has 1 saturated carbocycles. The largest absolute Gasteiger partial charge is 0.388 e. The van der Waals surface area contributed by atoms with Crippen LogP contribution >= 0.6 is 0 Å². The van der Waals surface area contributed by atoms with Crippen molar-refractivity contribution in [2.24, 2.45) is 5.92 Å². The van der Waals surface area contributed by atoms with Gasteiger partial charge in [-0.05, 0) is 36.4 Å². The molecule has 1 aliphatic heterocycles. The van der Waals surface area contributed by atoms with E-state index in [2.05, 4.69) is 44.4 Å². The molecule has 0 radical (unpaired) electrons. The highest BCUT2D eigenvalue weighted by Gasteiger charge is 2.41. The molecule has 5 heteroatoms. The number of hydrogen-bond acceptors (Lipinski definition) is 2. The van der Waals surface area contributed by atoms with Gasteiger partial charge in [-0.1, -0.05) is 69.2 Å². The van der Waals surface area contributed by atoms with Gasteiger partial charge >= 0.3 is 6.03 Å². The number of hydrogen-bond donors (Lipinski definition) is 1. The molecule has 1 heterocycles. The van der Waals surface area contributed by atoms with Gasteiger partial charge in [-0.15, -0.1) is 5.73 Å². The number of aliphatic hydroxyl groups excluding tert-OH is 1. The number of aliphatic hydroxyl groups is 1. The highest BCUT2D eigenvalue weighted by atomic mass is 28.3. The Morgan fingerprint density at radius 2 is 1.79 bits per heavy atom. The molecule has 3 atom stereocenters. The van der Waals surface area contributed by atoms with Gasteiger partial charge in [-0.2, -0.15) is 0 Å². The second-order valence-electron chi connectivity index (χ2n) is 9.68. The molecule has 29 heavy (non-hydrogen) atoms. The van der Waals surface area contributed by atoms with Crippen molar-refractivity contribution in [1.82, 2.24) is 9.80 Å². The van der Waals surface area contributed by atoms with Gasteiger partial charge in [0.05, 0.1) is 32.5 Å². The van der Waals surface area contributed by atoms with Crippen molar-refractivity contribution in [2.45, 2.75) is 76.9 Å². The van der Waals surface area contributed by atoms with Gasteiger partial charge in [-0.3, -0.25) is 4.90 Å². The third kappa shape index (κ3) is 4.68. The summed E-state index contributed by atoms with van der Waals surface area (Å²) in [6.45, 7) is 8.85. The van der Waals surface area contributed by atoms with Crippen LogP contribution in [0.1, 0.15) is 50.6 Å². The predicted molar refractivity (Wildman–Crippen MR) is 121 cm³/mol. The number of urea groups is 1. The van der Waals surface area contributed by atoms with Gasteiger partial charge in [0.1, 0.15) is 0 Å². The Hall–Kier alpha value is -1.81. The van der Waals surface area contributed by atoms with Crippen molar-refractivity contribution in [3.63, 3.8) is 0 Å². The Balaban J connectivity index is 1.98. The van der Waals surface area contributed by atoms with E-state index in [4.69, 9.17) is 0 Å². The molecule has 0 unspecified atom stereocenters. The van der Waals surface area contributed by atoms with E-state index in [-0.39, 0.29) is 18.1 Å². The standard InChI is InChI=1S/C24H36N2O2Si/c1-18-22(19-12-8-6-9-13-19)26(24(28)25(18)2)17-16-21(29(3,4)5)23(27)20-14-10-7-11-15-20/h6,8-9,12-13,17-18,20,22-23,27H,7,10-11,14-15H2,1-5H3/t16?,18-,22-,23-/m0/s1. The number of nitrogens with zero attached hydrogens (tertiary/aromatic N) is 2. The lowest BCUT2D eigenvalue weighted by atomic mass is 9.85. The number of amides is 2.